The molecule has 0 saturated carbocycles. The summed E-state index contributed by atoms with van der Waals surface area (Å²) in [4.78, 5) is 40.9. The molecule has 0 saturated heterocycles. The second kappa shape index (κ2) is 14.0. The number of hydrogen-bond acceptors (Lipinski definition) is 8. The molecular formula is C20H16O8-4. The molecule has 148 valence electrons. The van der Waals surface area contributed by atoms with E-state index in [0.717, 1.165) is 30.3 Å². The first kappa shape index (κ1) is 26.0. The van der Waals surface area contributed by atoms with Gasteiger partial charge in [-0.1, -0.05) is 42.5 Å². The third-order valence-corrected chi connectivity index (χ3v) is 2.69. The quantitative estimate of drug-likeness (QED) is 0.571. The van der Waals surface area contributed by atoms with Gasteiger partial charge in [0.25, 0.3) is 0 Å². The number of carboxylic acid groups (broad SMARTS) is 4. The lowest BCUT2D eigenvalue weighted by Crippen LogP contribution is -2.25. The summed E-state index contributed by atoms with van der Waals surface area (Å²) in [5.74, 6) is -5.48. The van der Waals surface area contributed by atoms with Gasteiger partial charge in [0.15, 0.2) is 0 Å². The van der Waals surface area contributed by atoms with Crippen molar-refractivity contribution in [2.45, 2.75) is 0 Å². The van der Waals surface area contributed by atoms with E-state index < -0.39 is 23.9 Å². The normalized spacial score (nSPS) is 8.29. The van der Waals surface area contributed by atoms with E-state index in [1.54, 1.807) is 0 Å². The van der Waals surface area contributed by atoms with Crippen molar-refractivity contribution in [1.82, 2.24) is 0 Å². The van der Waals surface area contributed by atoms with Crippen molar-refractivity contribution in [3.63, 3.8) is 0 Å². The largest absolute Gasteiger partial charge is 0.545 e. The molecule has 0 N–H and O–H groups in total. The molecule has 0 heterocycles. The Morgan fingerprint density at radius 3 is 0.964 bits per heavy atom. The van der Waals surface area contributed by atoms with Crippen LogP contribution >= 0.6 is 0 Å². The SMILES string of the molecule is C=C.C=C.O=C([O-])c1ccc(C(=O)[O-])cc1.O=C([O-])c1cccc(C(=O)[O-])c1. The third kappa shape index (κ3) is 9.33. The maximum absolute atomic E-state index is 10.3. The molecule has 0 aliphatic rings. The van der Waals surface area contributed by atoms with Crippen LogP contribution in [0.4, 0.5) is 0 Å². The molecule has 0 unspecified atom stereocenters. The van der Waals surface area contributed by atoms with Gasteiger partial charge in [-0.25, -0.2) is 0 Å². The Morgan fingerprint density at radius 1 is 0.500 bits per heavy atom. The third-order valence-electron chi connectivity index (χ3n) is 2.69. The number of carboxylic acids is 4. The fourth-order valence-corrected chi connectivity index (χ4v) is 1.52. The van der Waals surface area contributed by atoms with Crippen LogP contribution in [0.15, 0.2) is 74.8 Å². The van der Waals surface area contributed by atoms with Crippen LogP contribution in [0.2, 0.25) is 0 Å². The van der Waals surface area contributed by atoms with E-state index in [1.807, 2.05) is 0 Å². The first-order valence-corrected chi connectivity index (χ1v) is 7.28. The van der Waals surface area contributed by atoms with Crippen molar-refractivity contribution in [2.24, 2.45) is 0 Å². The van der Waals surface area contributed by atoms with Crippen molar-refractivity contribution < 1.29 is 39.6 Å². The summed E-state index contributed by atoms with van der Waals surface area (Å²) in [6.45, 7) is 12.0. The van der Waals surface area contributed by atoms with Crippen LogP contribution in [0.5, 0.6) is 0 Å². The van der Waals surface area contributed by atoms with Crippen LogP contribution in [-0.4, -0.2) is 23.9 Å². The molecule has 0 aromatic heterocycles. The van der Waals surface area contributed by atoms with Crippen LogP contribution in [0.1, 0.15) is 41.4 Å². The molecule has 2 aromatic rings. The molecule has 8 nitrogen and oxygen atoms in total. The van der Waals surface area contributed by atoms with Gasteiger partial charge in [0.2, 0.25) is 0 Å². The summed E-state index contributed by atoms with van der Waals surface area (Å²) in [6.07, 6.45) is 0. The Hall–Kier alpha value is -4.20. The Morgan fingerprint density at radius 2 is 0.750 bits per heavy atom. The Bertz CT molecular complexity index is 745. The Labute approximate surface area is 161 Å². The van der Waals surface area contributed by atoms with Crippen LogP contribution < -0.4 is 20.4 Å². The molecule has 0 atom stereocenters. The van der Waals surface area contributed by atoms with Crippen LogP contribution in [-0.2, 0) is 0 Å². The first-order chi connectivity index (χ1) is 13.2. The second-order valence-corrected chi connectivity index (χ2v) is 4.31. The number of hydrogen-bond donors (Lipinski definition) is 0. The molecule has 0 bridgehead atoms. The lowest BCUT2D eigenvalue weighted by atomic mass is 10.1. The summed E-state index contributed by atoms with van der Waals surface area (Å²) in [6, 6.07) is 9.42. The van der Waals surface area contributed by atoms with Gasteiger partial charge in [0, 0.05) is 0 Å². The topological polar surface area (TPSA) is 161 Å². The standard InChI is InChI=1S/2C8H6O4.2C2H4/c9-7(10)5-1-2-6(4-3-5)8(11)12;9-7(10)5-2-1-3-6(4-5)8(11)12;2*1-2/h2*1-4H,(H,9,10)(H,11,12);2*1-2H2/p-4. The minimum atomic E-state index is -1.40. The molecule has 28 heavy (non-hydrogen) atoms. The molecule has 0 fully saturated rings. The van der Waals surface area contributed by atoms with Gasteiger partial charge < -0.3 is 39.6 Å². The van der Waals surface area contributed by atoms with Gasteiger partial charge >= 0.3 is 0 Å². The lowest BCUT2D eigenvalue weighted by Gasteiger charge is -2.05. The van der Waals surface area contributed by atoms with Gasteiger partial charge in [0.05, 0.1) is 23.9 Å². The highest BCUT2D eigenvalue weighted by Gasteiger charge is 1.96. The van der Waals surface area contributed by atoms with Crippen molar-refractivity contribution >= 4 is 23.9 Å². The molecule has 0 radical (unpaired) electrons. The molecule has 2 rings (SSSR count). The zero-order valence-corrected chi connectivity index (χ0v) is 14.7. The highest BCUT2D eigenvalue weighted by molar-refractivity contribution is 5.92. The molecule has 0 aliphatic heterocycles. The van der Waals surface area contributed by atoms with Crippen molar-refractivity contribution in [3.05, 3.63) is 97.1 Å². The van der Waals surface area contributed by atoms with Crippen LogP contribution in [0.3, 0.4) is 0 Å². The summed E-state index contributed by atoms with van der Waals surface area (Å²) >= 11 is 0. The van der Waals surface area contributed by atoms with Gasteiger partial charge in [-0.3, -0.25) is 0 Å². The van der Waals surface area contributed by atoms with E-state index in [-0.39, 0.29) is 22.3 Å². The number of carbonyl (C=O) groups is 4. The predicted molar refractivity (Wildman–Crippen MR) is 92.7 cm³/mol. The summed E-state index contributed by atoms with van der Waals surface area (Å²) < 4.78 is 0. The van der Waals surface area contributed by atoms with E-state index in [1.165, 1.54) is 18.2 Å². The zero-order chi connectivity index (χ0) is 22.3. The number of benzene rings is 2. The minimum absolute atomic E-state index is 0.0556. The molecule has 0 amide bonds. The Balaban J connectivity index is 0. The molecule has 2 aromatic carbocycles. The summed E-state index contributed by atoms with van der Waals surface area (Å²) in [5, 5.41) is 40.9. The summed E-state index contributed by atoms with van der Waals surface area (Å²) in [7, 11) is 0. The minimum Gasteiger partial charge on any atom is -0.545 e. The van der Waals surface area contributed by atoms with Crippen molar-refractivity contribution in [2.75, 3.05) is 0 Å². The second-order valence-electron chi connectivity index (χ2n) is 4.31. The average Bonchev–Trinajstić information content (AvgIpc) is 2.71. The van der Waals surface area contributed by atoms with Crippen molar-refractivity contribution in [1.29, 1.82) is 0 Å². The summed E-state index contributed by atoms with van der Waals surface area (Å²) in [5.41, 5.74) is -0.451. The number of rotatable bonds is 4. The lowest BCUT2D eigenvalue weighted by molar-refractivity contribution is -0.256. The molecule has 0 spiro atoms. The Kier molecular flexibility index (Phi) is 13.0. The van der Waals surface area contributed by atoms with E-state index in [9.17, 15) is 39.6 Å². The predicted octanol–water partition coefficient (Wildman–Crippen LogP) is -1.57. The molecule has 8 heteroatoms. The molecule has 0 aliphatic carbocycles. The van der Waals surface area contributed by atoms with E-state index in [2.05, 4.69) is 26.3 Å². The van der Waals surface area contributed by atoms with E-state index in [0.29, 0.717) is 0 Å². The smallest absolute Gasteiger partial charge is 0.0715 e. The van der Waals surface area contributed by atoms with Gasteiger partial charge in [-0.2, -0.15) is 0 Å². The maximum Gasteiger partial charge on any atom is 0.0715 e. The number of carbonyl (C=O) groups excluding carboxylic acids is 4. The van der Waals surface area contributed by atoms with E-state index in [4.69, 9.17) is 0 Å². The zero-order valence-electron chi connectivity index (χ0n) is 14.7. The average molecular weight is 384 g/mol. The number of aromatic carboxylic acids is 4. The molecular weight excluding hydrogens is 368 g/mol. The van der Waals surface area contributed by atoms with Crippen molar-refractivity contribution in [3.8, 4) is 0 Å². The highest BCUT2D eigenvalue weighted by Crippen LogP contribution is 2.03. The van der Waals surface area contributed by atoms with Gasteiger partial charge in [0.1, 0.15) is 0 Å². The fourth-order valence-electron chi connectivity index (χ4n) is 1.52. The van der Waals surface area contributed by atoms with Gasteiger partial charge in [-0.05, 0) is 28.3 Å². The van der Waals surface area contributed by atoms with Crippen LogP contribution in [0, 0.1) is 0 Å². The van der Waals surface area contributed by atoms with E-state index >= 15 is 0 Å². The maximum atomic E-state index is 10.3. The monoisotopic (exact) mass is 384 g/mol. The fraction of sp³-hybridized carbons (Fsp3) is 0. The van der Waals surface area contributed by atoms with Gasteiger partial charge in [-0.15, -0.1) is 26.3 Å². The highest BCUT2D eigenvalue weighted by atomic mass is 16.4. The first-order valence-electron chi connectivity index (χ1n) is 7.28. The van der Waals surface area contributed by atoms with Crippen LogP contribution in [0.25, 0.3) is 0 Å².